The fourth-order valence-electron chi connectivity index (χ4n) is 1.59. The van der Waals surface area contributed by atoms with Gasteiger partial charge in [0.1, 0.15) is 18.5 Å². The quantitative estimate of drug-likeness (QED) is 0.742. The maximum absolute atomic E-state index is 5.72. The molecule has 0 unspecified atom stereocenters. The molecule has 0 aliphatic carbocycles. The molecule has 0 fully saturated rings. The van der Waals surface area contributed by atoms with Gasteiger partial charge in [0.2, 0.25) is 5.28 Å². The van der Waals surface area contributed by atoms with Gasteiger partial charge in [-0.2, -0.15) is 5.10 Å². The molecule has 1 aromatic carbocycles. The highest BCUT2D eigenvalue weighted by molar-refractivity contribution is 6.28. The van der Waals surface area contributed by atoms with Crippen molar-refractivity contribution in [3.05, 3.63) is 54.5 Å². The molecule has 0 saturated carbocycles. The molecule has 0 spiro atoms. The average molecular weight is 273 g/mol. The molecule has 19 heavy (non-hydrogen) atoms. The molecular weight excluding hydrogens is 264 g/mol. The van der Waals surface area contributed by atoms with E-state index < -0.39 is 0 Å². The third-order valence-electron chi connectivity index (χ3n) is 2.45. The molecule has 0 amide bonds. The summed E-state index contributed by atoms with van der Waals surface area (Å²) in [6, 6.07) is 9.46. The summed E-state index contributed by atoms with van der Waals surface area (Å²) in [5.74, 6) is 0.647. The van der Waals surface area contributed by atoms with Gasteiger partial charge in [-0.25, -0.2) is 19.6 Å². The first-order chi connectivity index (χ1) is 9.31. The maximum Gasteiger partial charge on any atom is 0.224 e. The third-order valence-corrected chi connectivity index (χ3v) is 2.63. The number of anilines is 2. The molecule has 3 rings (SSSR count). The van der Waals surface area contributed by atoms with Crippen LogP contribution in [0.25, 0.3) is 5.69 Å². The molecular formula is C12H9ClN6. The highest BCUT2D eigenvalue weighted by Gasteiger charge is 2.00. The summed E-state index contributed by atoms with van der Waals surface area (Å²) in [7, 11) is 0. The van der Waals surface area contributed by atoms with Crippen LogP contribution in [0.3, 0.4) is 0 Å². The average Bonchev–Trinajstić information content (AvgIpc) is 2.94. The van der Waals surface area contributed by atoms with Crippen LogP contribution in [0.4, 0.5) is 11.5 Å². The molecule has 3 aromatic rings. The molecule has 2 aromatic heterocycles. The fourth-order valence-corrected chi connectivity index (χ4v) is 1.74. The zero-order chi connectivity index (χ0) is 13.1. The minimum absolute atomic E-state index is 0.212. The van der Waals surface area contributed by atoms with Crippen molar-refractivity contribution in [2.24, 2.45) is 0 Å². The maximum atomic E-state index is 5.72. The zero-order valence-electron chi connectivity index (χ0n) is 9.73. The number of hydrogen-bond acceptors (Lipinski definition) is 5. The molecule has 0 radical (unpaired) electrons. The van der Waals surface area contributed by atoms with E-state index in [9.17, 15) is 0 Å². The number of benzene rings is 1. The van der Waals surface area contributed by atoms with Crippen molar-refractivity contribution in [2.75, 3.05) is 5.32 Å². The fraction of sp³-hybridized carbons (Fsp3) is 0. The van der Waals surface area contributed by atoms with E-state index in [1.54, 1.807) is 23.3 Å². The lowest BCUT2D eigenvalue weighted by molar-refractivity contribution is 0.879. The van der Waals surface area contributed by atoms with Crippen LogP contribution in [-0.2, 0) is 0 Å². The van der Waals surface area contributed by atoms with Gasteiger partial charge in [-0.05, 0) is 41.9 Å². The SMILES string of the molecule is Clc1nccc(Nc2ccc(-n3cncn3)cc2)n1. The van der Waals surface area contributed by atoms with Crippen molar-refractivity contribution in [1.82, 2.24) is 24.7 Å². The van der Waals surface area contributed by atoms with Crippen LogP contribution >= 0.6 is 11.6 Å². The first-order valence-corrected chi connectivity index (χ1v) is 5.90. The van der Waals surface area contributed by atoms with E-state index in [0.29, 0.717) is 5.82 Å². The Morgan fingerprint density at radius 2 is 1.95 bits per heavy atom. The van der Waals surface area contributed by atoms with Crippen LogP contribution in [0.2, 0.25) is 5.28 Å². The van der Waals surface area contributed by atoms with E-state index >= 15 is 0 Å². The van der Waals surface area contributed by atoms with Gasteiger partial charge in [0, 0.05) is 11.9 Å². The Labute approximate surface area is 114 Å². The highest BCUT2D eigenvalue weighted by atomic mass is 35.5. The van der Waals surface area contributed by atoms with E-state index in [1.165, 1.54) is 6.33 Å². The first-order valence-electron chi connectivity index (χ1n) is 5.52. The van der Waals surface area contributed by atoms with Crippen molar-refractivity contribution >= 4 is 23.1 Å². The summed E-state index contributed by atoms with van der Waals surface area (Å²) in [6.07, 6.45) is 4.74. The summed E-state index contributed by atoms with van der Waals surface area (Å²) in [6.45, 7) is 0. The van der Waals surface area contributed by atoms with Gasteiger partial charge in [-0.1, -0.05) is 0 Å². The number of nitrogens with zero attached hydrogens (tertiary/aromatic N) is 5. The Hall–Kier alpha value is -2.47. The van der Waals surface area contributed by atoms with Crippen LogP contribution in [0, 0.1) is 0 Å². The first kappa shape index (κ1) is 11.6. The Bertz CT molecular complexity index is 665. The topological polar surface area (TPSA) is 68.5 Å². The van der Waals surface area contributed by atoms with Crippen molar-refractivity contribution in [2.45, 2.75) is 0 Å². The van der Waals surface area contributed by atoms with Crippen LogP contribution in [0.1, 0.15) is 0 Å². The van der Waals surface area contributed by atoms with Gasteiger partial charge >= 0.3 is 0 Å². The van der Waals surface area contributed by atoms with Crippen molar-refractivity contribution in [3.63, 3.8) is 0 Å². The largest absolute Gasteiger partial charge is 0.340 e. The molecule has 0 saturated heterocycles. The summed E-state index contributed by atoms with van der Waals surface area (Å²) >= 11 is 5.72. The molecule has 6 nitrogen and oxygen atoms in total. The molecule has 94 valence electrons. The second-order valence-electron chi connectivity index (χ2n) is 3.72. The van der Waals surface area contributed by atoms with Crippen molar-refractivity contribution < 1.29 is 0 Å². The Morgan fingerprint density at radius 1 is 1.11 bits per heavy atom. The second kappa shape index (κ2) is 5.03. The van der Waals surface area contributed by atoms with Crippen LogP contribution in [-0.4, -0.2) is 24.7 Å². The summed E-state index contributed by atoms with van der Waals surface area (Å²) in [5.41, 5.74) is 1.84. The molecule has 0 atom stereocenters. The molecule has 0 aliphatic heterocycles. The Morgan fingerprint density at radius 3 is 2.63 bits per heavy atom. The lowest BCUT2D eigenvalue weighted by Crippen LogP contribution is -1.97. The lowest BCUT2D eigenvalue weighted by atomic mass is 10.3. The summed E-state index contributed by atoms with van der Waals surface area (Å²) in [4.78, 5) is 11.8. The van der Waals surface area contributed by atoms with E-state index in [4.69, 9.17) is 11.6 Å². The normalized spacial score (nSPS) is 10.4. The molecule has 1 N–H and O–H groups in total. The second-order valence-corrected chi connectivity index (χ2v) is 4.06. The molecule has 0 aliphatic rings. The zero-order valence-corrected chi connectivity index (χ0v) is 10.5. The van der Waals surface area contributed by atoms with Gasteiger partial charge < -0.3 is 5.32 Å². The predicted octanol–water partition coefficient (Wildman–Crippen LogP) is 2.45. The number of aromatic nitrogens is 5. The number of nitrogens with one attached hydrogen (secondary N) is 1. The van der Waals surface area contributed by atoms with Crippen LogP contribution < -0.4 is 5.32 Å². The molecule has 2 heterocycles. The van der Waals surface area contributed by atoms with Crippen molar-refractivity contribution in [3.8, 4) is 5.69 Å². The third kappa shape index (κ3) is 2.69. The van der Waals surface area contributed by atoms with Gasteiger partial charge in [-0.15, -0.1) is 0 Å². The van der Waals surface area contributed by atoms with Crippen molar-refractivity contribution in [1.29, 1.82) is 0 Å². The van der Waals surface area contributed by atoms with E-state index in [1.807, 2.05) is 24.3 Å². The number of halogens is 1. The summed E-state index contributed by atoms with van der Waals surface area (Å²) in [5, 5.41) is 7.41. The van der Waals surface area contributed by atoms with Gasteiger partial charge in [0.15, 0.2) is 0 Å². The van der Waals surface area contributed by atoms with Gasteiger partial charge in [-0.3, -0.25) is 0 Å². The van der Waals surface area contributed by atoms with E-state index in [0.717, 1.165) is 11.4 Å². The van der Waals surface area contributed by atoms with Crippen LogP contribution in [0.5, 0.6) is 0 Å². The Kier molecular flexibility index (Phi) is 3.07. The lowest BCUT2D eigenvalue weighted by Gasteiger charge is -2.06. The minimum Gasteiger partial charge on any atom is -0.340 e. The number of rotatable bonds is 3. The predicted molar refractivity (Wildman–Crippen MR) is 71.7 cm³/mol. The van der Waals surface area contributed by atoms with Gasteiger partial charge in [0.25, 0.3) is 0 Å². The van der Waals surface area contributed by atoms with Gasteiger partial charge in [0.05, 0.1) is 5.69 Å². The smallest absolute Gasteiger partial charge is 0.224 e. The van der Waals surface area contributed by atoms with Crippen LogP contribution in [0.15, 0.2) is 49.2 Å². The van der Waals surface area contributed by atoms with E-state index in [2.05, 4.69) is 25.4 Å². The summed E-state index contributed by atoms with van der Waals surface area (Å²) < 4.78 is 1.69. The molecule has 0 bridgehead atoms. The van der Waals surface area contributed by atoms with E-state index in [-0.39, 0.29) is 5.28 Å². The standard InChI is InChI=1S/C12H9ClN6/c13-12-15-6-5-11(18-12)17-9-1-3-10(4-2-9)19-8-14-7-16-19/h1-8H,(H,15,17,18). The monoisotopic (exact) mass is 272 g/mol. The Balaban J connectivity index is 1.80. The minimum atomic E-state index is 0.212. The molecule has 7 heteroatoms. The number of hydrogen-bond donors (Lipinski definition) is 1. The highest BCUT2D eigenvalue weighted by Crippen LogP contribution is 2.17.